The van der Waals surface area contributed by atoms with E-state index in [1.165, 1.54) is 6.07 Å². The molecular formula is C16H14ClNO2. The van der Waals surface area contributed by atoms with Crippen molar-refractivity contribution in [2.24, 2.45) is 0 Å². The van der Waals surface area contributed by atoms with E-state index in [9.17, 15) is 4.79 Å². The SMILES string of the molecule is Cc1ccc(C)n1-c1ccc2c(CCl)cc(=O)oc2c1. The molecule has 102 valence electrons. The largest absolute Gasteiger partial charge is 0.423 e. The molecular weight excluding hydrogens is 274 g/mol. The van der Waals surface area contributed by atoms with Crippen molar-refractivity contribution in [3.63, 3.8) is 0 Å². The van der Waals surface area contributed by atoms with Crippen LogP contribution in [0.1, 0.15) is 17.0 Å². The number of hydrogen-bond donors (Lipinski definition) is 0. The minimum Gasteiger partial charge on any atom is -0.423 e. The molecule has 0 fully saturated rings. The molecule has 0 spiro atoms. The summed E-state index contributed by atoms with van der Waals surface area (Å²) in [5.74, 6) is 0.295. The second-order valence-electron chi connectivity index (χ2n) is 4.86. The lowest BCUT2D eigenvalue weighted by Crippen LogP contribution is -2.02. The molecule has 4 heteroatoms. The van der Waals surface area contributed by atoms with Gasteiger partial charge in [0.2, 0.25) is 0 Å². The smallest absolute Gasteiger partial charge is 0.336 e. The lowest BCUT2D eigenvalue weighted by molar-refractivity contribution is 0.559. The molecule has 3 rings (SSSR count). The maximum absolute atomic E-state index is 11.6. The predicted molar refractivity (Wildman–Crippen MR) is 80.8 cm³/mol. The van der Waals surface area contributed by atoms with Gasteiger partial charge >= 0.3 is 5.63 Å². The molecule has 1 aromatic carbocycles. The second-order valence-corrected chi connectivity index (χ2v) is 5.12. The van der Waals surface area contributed by atoms with Crippen LogP contribution in [0.5, 0.6) is 0 Å². The van der Waals surface area contributed by atoms with Crippen LogP contribution in [0.15, 0.2) is 45.6 Å². The summed E-state index contributed by atoms with van der Waals surface area (Å²) in [5, 5.41) is 0.880. The molecule has 3 nitrogen and oxygen atoms in total. The number of nitrogens with zero attached hydrogens (tertiary/aromatic N) is 1. The Labute approximate surface area is 121 Å². The number of benzene rings is 1. The highest BCUT2D eigenvalue weighted by Crippen LogP contribution is 2.24. The first-order chi connectivity index (χ1) is 9.60. The van der Waals surface area contributed by atoms with Crippen LogP contribution in [-0.2, 0) is 5.88 Å². The van der Waals surface area contributed by atoms with Crippen LogP contribution < -0.4 is 5.63 Å². The number of aromatic nitrogens is 1. The Kier molecular flexibility index (Phi) is 3.14. The molecule has 0 bridgehead atoms. The average molecular weight is 288 g/mol. The van der Waals surface area contributed by atoms with Gasteiger partial charge in [-0.3, -0.25) is 0 Å². The topological polar surface area (TPSA) is 35.1 Å². The monoisotopic (exact) mass is 287 g/mol. The summed E-state index contributed by atoms with van der Waals surface area (Å²) in [6, 6.07) is 11.4. The number of alkyl halides is 1. The third kappa shape index (κ3) is 2.04. The summed E-state index contributed by atoms with van der Waals surface area (Å²) in [6.07, 6.45) is 0. The maximum Gasteiger partial charge on any atom is 0.336 e. The molecule has 0 aliphatic carbocycles. The molecule has 0 N–H and O–H groups in total. The Morgan fingerprint density at radius 3 is 2.45 bits per heavy atom. The number of rotatable bonds is 2. The van der Waals surface area contributed by atoms with Gasteiger partial charge in [-0.15, -0.1) is 11.6 Å². The lowest BCUT2D eigenvalue weighted by atomic mass is 10.1. The van der Waals surface area contributed by atoms with E-state index in [4.69, 9.17) is 16.0 Å². The Morgan fingerprint density at radius 2 is 1.80 bits per heavy atom. The number of fused-ring (bicyclic) bond motifs is 1. The molecule has 0 aliphatic heterocycles. The quantitative estimate of drug-likeness (QED) is 0.528. The molecule has 0 radical (unpaired) electrons. The fourth-order valence-corrected chi connectivity index (χ4v) is 2.77. The van der Waals surface area contributed by atoms with Crippen LogP contribution in [0.25, 0.3) is 16.7 Å². The third-order valence-electron chi connectivity index (χ3n) is 3.49. The lowest BCUT2D eigenvalue weighted by Gasteiger charge is -2.10. The van der Waals surface area contributed by atoms with Crippen molar-refractivity contribution in [3.8, 4) is 5.69 Å². The first-order valence-electron chi connectivity index (χ1n) is 6.38. The van der Waals surface area contributed by atoms with Crippen LogP contribution >= 0.6 is 11.6 Å². The molecule has 0 saturated heterocycles. The summed E-state index contributed by atoms with van der Waals surface area (Å²) in [7, 11) is 0. The zero-order valence-corrected chi connectivity index (χ0v) is 12.1. The van der Waals surface area contributed by atoms with Gasteiger partial charge in [0.1, 0.15) is 5.58 Å². The van der Waals surface area contributed by atoms with Crippen LogP contribution in [0.3, 0.4) is 0 Å². The average Bonchev–Trinajstić information content (AvgIpc) is 2.76. The highest BCUT2D eigenvalue weighted by molar-refractivity contribution is 6.17. The molecule has 0 amide bonds. The Morgan fingerprint density at radius 1 is 1.10 bits per heavy atom. The van der Waals surface area contributed by atoms with Gasteiger partial charge in [-0.25, -0.2) is 4.79 Å². The van der Waals surface area contributed by atoms with Gasteiger partial charge in [0.15, 0.2) is 0 Å². The van der Waals surface area contributed by atoms with Crippen LogP contribution in [0.2, 0.25) is 0 Å². The van der Waals surface area contributed by atoms with E-state index in [-0.39, 0.29) is 5.63 Å². The van der Waals surface area contributed by atoms with Crippen LogP contribution in [-0.4, -0.2) is 4.57 Å². The van der Waals surface area contributed by atoms with E-state index in [1.807, 2.05) is 32.0 Å². The van der Waals surface area contributed by atoms with Crippen molar-refractivity contribution < 1.29 is 4.42 Å². The summed E-state index contributed by atoms with van der Waals surface area (Å²) >= 11 is 5.88. The minimum absolute atomic E-state index is 0.295. The first-order valence-corrected chi connectivity index (χ1v) is 6.91. The van der Waals surface area contributed by atoms with Gasteiger partial charge in [0, 0.05) is 40.5 Å². The second kappa shape index (κ2) is 4.84. The number of aryl methyl sites for hydroxylation is 2. The van der Waals surface area contributed by atoms with Crippen molar-refractivity contribution in [1.29, 1.82) is 0 Å². The fraction of sp³-hybridized carbons (Fsp3) is 0.188. The van der Waals surface area contributed by atoms with Crippen LogP contribution in [0.4, 0.5) is 0 Å². The number of halogens is 1. The van der Waals surface area contributed by atoms with Gasteiger partial charge in [-0.05, 0) is 43.7 Å². The highest BCUT2D eigenvalue weighted by atomic mass is 35.5. The molecule has 0 aliphatic rings. The van der Waals surface area contributed by atoms with Crippen molar-refractivity contribution >= 4 is 22.6 Å². The standard InChI is InChI=1S/C16H14ClNO2/c1-10-3-4-11(2)18(10)13-5-6-14-12(9-17)7-16(19)20-15(14)8-13/h3-8H,9H2,1-2H3. The van der Waals surface area contributed by atoms with E-state index in [0.29, 0.717) is 11.5 Å². The van der Waals surface area contributed by atoms with Crippen LogP contribution in [0, 0.1) is 13.8 Å². The minimum atomic E-state index is -0.369. The molecule has 20 heavy (non-hydrogen) atoms. The molecule has 0 saturated carbocycles. The van der Waals surface area contributed by atoms with E-state index < -0.39 is 0 Å². The molecule has 3 aromatic rings. The predicted octanol–water partition coefficient (Wildman–Crippen LogP) is 3.94. The van der Waals surface area contributed by atoms with Gasteiger partial charge < -0.3 is 8.98 Å². The summed E-state index contributed by atoms with van der Waals surface area (Å²) < 4.78 is 7.41. The Hall–Kier alpha value is -2.00. The first kappa shape index (κ1) is 13.0. The normalized spacial score (nSPS) is 11.2. The fourth-order valence-electron chi connectivity index (χ4n) is 2.54. The Bertz CT molecular complexity index is 826. The van der Waals surface area contributed by atoms with Crippen molar-refractivity contribution in [2.45, 2.75) is 19.7 Å². The number of hydrogen-bond acceptors (Lipinski definition) is 2. The van der Waals surface area contributed by atoms with E-state index in [0.717, 1.165) is 28.0 Å². The van der Waals surface area contributed by atoms with Crippen molar-refractivity contribution in [1.82, 2.24) is 4.57 Å². The van der Waals surface area contributed by atoms with Gasteiger partial charge in [0.25, 0.3) is 0 Å². The molecule has 0 atom stereocenters. The highest BCUT2D eigenvalue weighted by Gasteiger charge is 2.09. The third-order valence-corrected chi connectivity index (χ3v) is 3.78. The molecule has 2 heterocycles. The van der Waals surface area contributed by atoms with E-state index >= 15 is 0 Å². The zero-order chi connectivity index (χ0) is 14.3. The zero-order valence-electron chi connectivity index (χ0n) is 11.3. The van der Waals surface area contributed by atoms with Gasteiger partial charge in [-0.1, -0.05) is 0 Å². The van der Waals surface area contributed by atoms with Crippen molar-refractivity contribution in [3.05, 3.63) is 63.8 Å². The van der Waals surface area contributed by atoms with E-state index in [1.54, 1.807) is 0 Å². The van der Waals surface area contributed by atoms with Gasteiger partial charge in [0.05, 0.1) is 0 Å². The maximum atomic E-state index is 11.6. The van der Waals surface area contributed by atoms with Gasteiger partial charge in [-0.2, -0.15) is 0 Å². The van der Waals surface area contributed by atoms with Crippen molar-refractivity contribution in [2.75, 3.05) is 0 Å². The molecule has 0 unspecified atom stereocenters. The summed E-state index contributed by atoms with van der Waals surface area (Å²) in [6.45, 7) is 4.09. The summed E-state index contributed by atoms with van der Waals surface area (Å²) in [5.41, 5.74) is 4.25. The van der Waals surface area contributed by atoms with E-state index in [2.05, 4.69) is 16.7 Å². The Balaban J connectivity index is 2.29. The summed E-state index contributed by atoms with van der Waals surface area (Å²) in [4.78, 5) is 11.6. The molecule has 2 aromatic heterocycles.